The summed E-state index contributed by atoms with van der Waals surface area (Å²) in [7, 11) is 1.60. The maximum atomic E-state index is 6.42. The lowest BCUT2D eigenvalue weighted by atomic mass is 10.1. The molecule has 3 aromatic rings. The first-order chi connectivity index (χ1) is 12.7. The highest BCUT2D eigenvalue weighted by Gasteiger charge is 2.12. The van der Waals surface area contributed by atoms with Gasteiger partial charge in [0.2, 0.25) is 0 Å². The Balaban J connectivity index is 1.78. The molecule has 0 amide bonds. The Hall–Kier alpha value is -2.78. The third kappa shape index (κ3) is 4.64. The van der Waals surface area contributed by atoms with Crippen molar-refractivity contribution in [3.8, 4) is 11.5 Å². The Morgan fingerprint density at radius 1 is 1.00 bits per heavy atom. The molecule has 0 saturated heterocycles. The number of ether oxygens (including phenoxy) is 2. The van der Waals surface area contributed by atoms with Crippen LogP contribution in [0, 0.1) is 6.92 Å². The monoisotopic (exact) mass is 365 g/mol. The molecule has 0 heterocycles. The van der Waals surface area contributed by atoms with Crippen LogP contribution in [0.25, 0.3) is 0 Å². The van der Waals surface area contributed by atoms with Gasteiger partial charge in [0, 0.05) is 6.21 Å². The summed E-state index contributed by atoms with van der Waals surface area (Å²) < 4.78 is 11.4. The lowest BCUT2D eigenvalue weighted by Crippen LogP contribution is -1.99. The highest BCUT2D eigenvalue weighted by Crippen LogP contribution is 2.36. The van der Waals surface area contributed by atoms with Crippen LogP contribution in [0.5, 0.6) is 11.5 Å². The van der Waals surface area contributed by atoms with Gasteiger partial charge in [-0.15, -0.1) is 0 Å². The fourth-order valence-electron chi connectivity index (χ4n) is 2.46. The number of nitrogens with zero attached hydrogens (tertiary/aromatic N) is 1. The number of rotatable bonds is 6. The van der Waals surface area contributed by atoms with Crippen molar-refractivity contribution < 1.29 is 9.47 Å². The Morgan fingerprint density at radius 3 is 2.42 bits per heavy atom. The van der Waals surface area contributed by atoms with Crippen LogP contribution in [0.15, 0.2) is 71.7 Å². The van der Waals surface area contributed by atoms with Crippen molar-refractivity contribution in [2.24, 2.45) is 4.99 Å². The molecule has 0 aliphatic heterocycles. The quantitative estimate of drug-likeness (QED) is 0.502. The molecule has 0 aromatic heterocycles. The van der Waals surface area contributed by atoms with E-state index in [1.54, 1.807) is 13.3 Å². The molecule has 0 fully saturated rings. The van der Waals surface area contributed by atoms with E-state index in [4.69, 9.17) is 21.1 Å². The Kier molecular flexibility index (Phi) is 5.92. The molecule has 26 heavy (non-hydrogen) atoms. The van der Waals surface area contributed by atoms with Crippen LogP contribution in [-0.4, -0.2) is 13.3 Å². The van der Waals surface area contributed by atoms with Crippen LogP contribution in [0.3, 0.4) is 0 Å². The summed E-state index contributed by atoms with van der Waals surface area (Å²) in [6, 6.07) is 21.6. The van der Waals surface area contributed by atoms with Crippen LogP contribution >= 0.6 is 11.6 Å². The predicted molar refractivity (Wildman–Crippen MR) is 107 cm³/mol. The first kappa shape index (κ1) is 18.0. The molecule has 0 spiro atoms. The van der Waals surface area contributed by atoms with Crippen LogP contribution in [0.1, 0.15) is 16.7 Å². The minimum absolute atomic E-state index is 0.424. The lowest BCUT2D eigenvalue weighted by molar-refractivity contribution is 0.284. The second-order valence-corrected chi connectivity index (χ2v) is 6.31. The van der Waals surface area contributed by atoms with Gasteiger partial charge in [-0.05, 0) is 42.3 Å². The average Bonchev–Trinajstić information content (AvgIpc) is 2.67. The van der Waals surface area contributed by atoms with Gasteiger partial charge < -0.3 is 9.47 Å². The minimum atomic E-state index is 0.424. The molecule has 3 rings (SSSR count). The van der Waals surface area contributed by atoms with Crippen LogP contribution in [0.4, 0.5) is 5.69 Å². The summed E-state index contributed by atoms with van der Waals surface area (Å²) in [6.45, 7) is 2.48. The van der Waals surface area contributed by atoms with Gasteiger partial charge in [0.1, 0.15) is 6.61 Å². The summed E-state index contributed by atoms with van der Waals surface area (Å²) in [5, 5.41) is 0.492. The fraction of sp³-hybridized carbons (Fsp3) is 0.136. The number of para-hydroxylation sites is 1. The van der Waals surface area contributed by atoms with Crippen LogP contribution in [0.2, 0.25) is 5.02 Å². The molecule has 0 N–H and O–H groups in total. The average molecular weight is 366 g/mol. The van der Waals surface area contributed by atoms with E-state index in [1.807, 2.05) is 54.6 Å². The maximum absolute atomic E-state index is 6.42. The largest absolute Gasteiger partial charge is 0.493 e. The standard InChI is InChI=1S/C22H20ClNO2/c1-16-8-10-17(11-9-16)15-26-22-20(23)12-18(13-21(22)25-2)14-24-19-6-4-3-5-7-19/h3-14H,15H2,1-2H3. The summed E-state index contributed by atoms with van der Waals surface area (Å²) >= 11 is 6.42. The highest BCUT2D eigenvalue weighted by molar-refractivity contribution is 6.32. The minimum Gasteiger partial charge on any atom is -0.493 e. The van der Waals surface area contributed by atoms with Crippen molar-refractivity contribution in [3.05, 3.63) is 88.4 Å². The first-order valence-corrected chi connectivity index (χ1v) is 8.68. The number of halogens is 1. The van der Waals surface area contributed by atoms with Gasteiger partial charge in [0.25, 0.3) is 0 Å². The van der Waals surface area contributed by atoms with E-state index in [9.17, 15) is 0 Å². The molecule has 0 atom stereocenters. The van der Waals surface area contributed by atoms with Gasteiger partial charge in [-0.3, -0.25) is 4.99 Å². The smallest absolute Gasteiger partial charge is 0.180 e. The zero-order chi connectivity index (χ0) is 18.4. The maximum Gasteiger partial charge on any atom is 0.180 e. The van der Waals surface area contributed by atoms with Crippen molar-refractivity contribution in [3.63, 3.8) is 0 Å². The molecule has 0 unspecified atom stereocenters. The van der Waals surface area contributed by atoms with E-state index in [-0.39, 0.29) is 0 Å². The van der Waals surface area contributed by atoms with Crippen LogP contribution in [-0.2, 0) is 6.61 Å². The number of aryl methyl sites for hydroxylation is 1. The summed E-state index contributed by atoms with van der Waals surface area (Å²) in [6.07, 6.45) is 1.76. The second-order valence-electron chi connectivity index (χ2n) is 5.90. The molecule has 4 heteroatoms. The van der Waals surface area contributed by atoms with Gasteiger partial charge in [0.15, 0.2) is 11.5 Å². The third-order valence-corrected chi connectivity index (χ3v) is 4.16. The second kappa shape index (κ2) is 8.54. The Bertz CT molecular complexity index is 890. The van der Waals surface area contributed by atoms with Gasteiger partial charge in [-0.2, -0.15) is 0 Å². The van der Waals surface area contributed by atoms with E-state index < -0.39 is 0 Å². The molecule has 0 saturated carbocycles. The zero-order valence-electron chi connectivity index (χ0n) is 14.8. The van der Waals surface area contributed by atoms with Gasteiger partial charge in [-0.1, -0.05) is 59.6 Å². The highest BCUT2D eigenvalue weighted by atomic mass is 35.5. The van der Waals surface area contributed by atoms with Crippen molar-refractivity contribution >= 4 is 23.5 Å². The number of benzene rings is 3. The molecule has 0 aliphatic rings. The van der Waals surface area contributed by atoms with Crippen molar-refractivity contribution in [1.29, 1.82) is 0 Å². The van der Waals surface area contributed by atoms with Crippen molar-refractivity contribution in [1.82, 2.24) is 0 Å². The predicted octanol–water partition coefficient (Wildman–Crippen LogP) is 5.99. The summed E-state index contributed by atoms with van der Waals surface area (Å²) in [5.74, 6) is 1.12. The molecule has 3 nitrogen and oxygen atoms in total. The van der Waals surface area contributed by atoms with Crippen molar-refractivity contribution in [2.45, 2.75) is 13.5 Å². The third-order valence-electron chi connectivity index (χ3n) is 3.87. The number of hydrogen-bond acceptors (Lipinski definition) is 3. The Labute approximate surface area is 158 Å². The van der Waals surface area contributed by atoms with E-state index in [0.717, 1.165) is 16.8 Å². The number of aliphatic imine (C=N–C) groups is 1. The SMILES string of the molecule is COc1cc(C=Nc2ccccc2)cc(Cl)c1OCc1ccc(C)cc1. The molecule has 0 radical (unpaired) electrons. The molecular weight excluding hydrogens is 346 g/mol. The van der Waals surface area contributed by atoms with Crippen molar-refractivity contribution in [2.75, 3.05) is 7.11 Å². The normalized spacial score (nSPS) is 10.9. The molecule has 0 bridgehead atoms. The topological polar surface area (TPSA) is 30.8 Å². The molecular formula is C22H20ClNO2. The summed E-state index contributed by atoms with van der Waals surface area (Å²) in [5.41, 5.74) is 4.01. The van der Waals surface area contributed by atoms with Gasteiger partial charge in [0.05, 0.1) is 17.8 Å². The number of methoxy groups -OCH3 is 1. The zero-order valence-corrected chi connectivity index (χ0v) is 15.5. The summed E-state index contributed by atoms with van der Waals surface area (Å²) in [4.78, 5) is 4.44. The van der Waals surface area contributed by atoms with Crippen LogP contribution < -0.4 is 9.47 Å². The van der Waals surface area contributed by atoms with E-state index >= 15 is 0 Å². The number of hydrogen-bond donors (Lipinski definition) is 0. The fourth-order valence-corrected chi connectivity index (χ4v) is 2.73. The first-order valence-electron chi connectivity index (χ1n) is 8.30. The van der Waals surface area contributed by atoms with E-state index in [2.05, 4.69) is 24.0 Å². The Morgan fingerprint density at radius 2 is 1.73 bits per heavy atom. The molecule has 0 aliphatic carbocycles. The van der Waals surface area contributed by atoms with E-state index in [1.165, 1.54) is 5.56 Å². The van der Waals surface area contributed by atoms with Gasteiger partial charge in [-0.25, -0.2) is 0 Å². The lowest BCUT2D eigenvalue weighted by Gasteiger charge is -2.13. The van der Waals surface area contributed by atoms with E-state index in [0.29, 0.717) is 23.1 Å². The molecule has 132 valence electrons. The van der Waals surface area contributed by atoms with Gasteiger partial charge >= 0.3 is 0 Å². The molecule has 3 aromatic carbocycles.